The van der Waals surface area contributed by atoms with Crippen molar-refractivity contribution in [3.05, 3.63) is 36.3 Å². The summed E-state index contributed by atoms with van der Waals surface area (Å²) in [6, 6.07) is 5.91. The number of hydrogen-bond acceptors (Lipinski definition) is 3. The van der Waals surface area contributed by atoms with Crippen LogP contribution in [0, 0.1) is 0 Å². The molecule has 0 spiro atoms. The molecular weight excluding hydrogens is 208 g/mol. The average molecular weight is 220 g/mol. The maximum absolute atomic E-state index is 10.8. The zero-order valence-electron chi connectivity index (χ0n) is 8.51. The molecule has 78 valence electrons. The highest BCUT2D eigenvalue weighted by atomic mass is 32.2. The molecule has 0 aliphatic heterocycles. The number of hydrogen-bond donors (Lipinski definition) is 0. The molecule has 0 aliphatic carbocycles. The summed E-state index contributed by atoms with van der Waals surface area (Å²) in [5.74, 6) is 1.57. The molecule has 4 heteroatoms. The van der Waals surface area contributed by atoms with Crippen LogP contribution in [0.5, 0.6) is 0 Å². The fourth-order valence-electron chi connectivity index (χ4n) is 1.36. The van der Waals surface area contributed by atoms with E-state index in [0.29, 0.717) is 5.75 Å². The van der Waals surface area contributed by atoms with Gasteiger partial charge in [0.2, 0.25) is 0 Å². The van der Waals surface area contributed by atoms with Gasteiger partial charge in [-0.25, -0.2) is 4.98 Å². The average Bonchev–Trinajstić information content (AvgIpc) is 2.59. The van der Waals surface area contributed by atoms with Crippen molar-refractivity contribution in [3.8, 4) is 0 Å². The summed E-state index contributed by atoms with van der Waals surface area (Å²) in [4.78, 5) is 15.2. The lowest BCUT2D eigenvalue weighted by Gasteiger charge is -1.93. The summed E-state index contributed by atoms with van der Waals surface area (Å²) >= 11 is 1.60. The monoisotopic (exact) mass is 220 g/mol. The Labute approximate surface area is 92.5 Å². The quantitative estimate of drug-likeness (QED) is 0.792. The number of carbonyl (C=O) groups is 1. The second-order valence-electron chi connectivity index (χ2n) is 3.39. The van der Waals surface area contributed by atoms with Gasteiger partial charge in [-0.15, -0.1) is 11.8 Å². The van der Waals surface area contributed by atoms with Crippen molar-refractivity contribution in [2.24, 2.45) is 0 Å². The van der Waals surface area contributed by atoms with Crippen LogP contribution in [-0.4, -0.2) is 20.9 Å². The number of aromatic nitrogens is 2. The normalized spacial score (nSPS) is 10.7. The zero-order chi connectivity index (χ0) is 10.7. The first kappa shape index (κ1) is 10.2. The van der Waals surface area contributed by atoms with Gasteiger partial charge in [0.25, 0.3) is 0 Å². The molecule has 2 rings (SSSR count). The van der Waals surface area contributed by atoms with Gasteiger partial charge in [-0.05, 0) is 19.1 Å². The number of rotatable bonds is 4. The second kappa shape index (κ2) is 4.49. The number of nitrogens with zero attached hydrogens (tertiary/aromatic N) is 2. The summed E-state index contributed by atoms with van der Waals surface area (Å²) < 4.78 is 1.99. The Morgan fingerprint density at radius 3 is 3.13 bits per heavy atom. The van der Waals surface area contributed by atoms with Crippen molar-refractivity contribution >= 4 is 23.2 Å². The van der Waals surface area contributed by atoms with Gasteiger partial charge in [0, 0.05) is 18.1 Å². The number of Topliss-reactive ketones (excluding diaryl/α,β-unsaturated/α-hetero) is 1. The smallest absolute Gasteiger partial charge is 0.139 e. The van der Waals surface area contributed by atoms with Crippen molar-refractivity contribution in [1.29, 1.82) is 0 Å². The van der Waals surface area contributed by atoms with Gasteiger partial charge in [-0.2, -0.15) is 0 Å². The first-order valence-corrected chi connectivity index (χ1v) is 5.91. The molecule has 0 fully saturated rings. The van der Waals surface area contributed by atoms with Crippen LogP contribution in [0.25, 0.3) is 5.65 Å². The molecule has 2 heterocycles. The van der Waals surface area contributed by atoms with E-state index in [0.717, 1.165) is 17.1 Å². The molecule has 15 heavy (non-hydrogen) atoms. The Balaban J connectivity index is 2.05. The highest BCUT2D eigenvalue weighted by molar-refractivity contribution is 7.99. The lowest BCUT2D eigenvalue weighted by molar-refractivity contribution is -0.114. The van der Waals surface area contributed by atoms with Crippen LogP contribution in [0.15, 0.2) is 30.6 Å². The Kier molecular flexibility index (Phi) is 3.06. The van der Waals surface area contributed by atoms with Gasteiger partial charge in [-0.1, -0.05) is 6.07 Å². The van der Waals surface area contributed by atoms with Crippen molar-refractivity contribution in [1.82, 2.24) is 9.38 Å². The van der Waals surface area contributed by atoms with Gasteiger partial charge in [0.15, 0.2) is 0 Å². The maximum Gasteiger partial charge on any atom is 0.139 e. The lowest BCUT2D eigenvalue weighted by atomic mass is 10.5. The summed E-state index contributed by atoms with van der Waals surface area (Å²) in [5.41, 5.74) is 1.98. The molecule has 0 bridgehead atoms. The molecule has 0 aliphatic rings. The Bertz CT molecular complexity index is 445. The molecule has 0 radical (unpaired) electrons. The van der Waals surface area contributed by atoms with E-state index in [1.165, 1.54) is 0 Å². The molecule has 0 saturated carbocycles. The molecule has 0 unspecified atom stereocenters. The van der Waals surface area contributed by atoms with Gasteiger partial charge in [-0.3, -0.25) is 4.79 Å². The van der Waals surface area contributed by atoms with Crippen molar-refractivity contribution in [2.45, 2.75) is 12.7 Å². The molecule has 0 amide bonds. The fraction of sp³-hybridized carbons (Fsp3) is 0.273. The largest absolute Gasteiger partial charge is 0.307 e. The predicted molar refractivity (Wildman–Crippen MR) is 62.0 cm³/mol. The SMILES string of the molecule is CC(=O)CSCc1cn2ccccc2n1. The van der Waals surface area contributed by atoms with Gasteiger partial charge >= 0.3 is 0 Å². The summed E-state index contributed by atoms with van der Waals surface area (Å²) in [5, 5.41) is 0. The van der Waals surface area contributed by atoms with Gasteiger partial charge < -0.3 is 4.40 Å². The van der Waals surface area contributed by atoms with Crippen LogP contribution in [0.4, 0.5) is 0 Å². The molecule has 2 aromatic heterocycles. The summed E-state index contributed by atoms with van der Waals surface area (Å²) in [6.45, 7) is 1.61. The summed E-state index contributed by atoms with van der Waals surface area (Å²) in [6.07, 6.45) is 3.98. The summed E-state index contributed by atoms with van der Waals surface area (Å²) in [7, 11) is 0. The highest BCUT2D eigenvalue weighted by Crippen LogP contribution is 2.12. The van der Waals surface area contributed by atoms with E-state index in [1.807, 2.05) is 35.0 Å². The minimum Gasteiger partial charge on any atom is -0.307 e. The van der Waals surface area contributed by atoms with Crippen LogP contribution in [0.2, 0.25) is 0 Å². The third-order valence-electron chi connectivity index (χ3n) is 1.97. The van der Waals surface area contributed by atoms with Crippen LogP contribution >= 0.6 is 11.8 Å². The van der Waals surface area contributed by atoms with Crippen molar-refractivity contribution < 1.29 is 4.79 Å². The van der Waals surface area contributed by atoms with Crippen molar-refractivity contribution in [3.63, 3.8) is 0 Å². The number of thioether (sulfide) groups is 1. The van der Waals surface area contributed by atoms with E-state index in [1.54, 1.807) is 18.7 Å². The highest BCUT2D eigenvalue weighted by Gasteiger charge is 2.01. The zero-order valence-corrected chi connectivity index (χ0v) is 9.33. The van der Waals surface area contributed by atoms with E-state index in [4.69, 9.17) is 0 Å². The molecular formula is C11H12N2OS. The van der Waals surface area contributed by atoms with Crippen LogP contribution in [-0.2, 0) is 10.5 Å². The first-order valence-electron chi connectivity index (χ1n) is 4.75. The topological polar surface area (TPSA) is 34.4 Å². The Morgan fingerprint density at radius 2 is 2.40 bits per heavy atom. The van der Waals surface area contributed by atoms with Gasteiger partial charge in [0.05, 0.1) is 11.4 Å². The number of fused-ring (bicyclic) bond motifs is 1. The van der Waals surface area contributed by atoms with Crippen LogP contribution in [0.3, 0.4) is 0 Å². The van der Waals surface area contributed by atoms with E-state index >= 15 is 0 Å². The number of pyridine rings is 1. The first-order chi connectivity index (χ1) is 7.25. The van der Waals surface area contributed by atoms with E-state index in [-0.39, 0.29) is 5.78 Å². The Hall–Kier alpha value is -1.29. The molecule has 0 N–H and O–H groups in total. The molecule has 3 nitrogen and oxygen atoms in total. The fourth-order valence-corrected chi connectivity index (χ4v) is 2.09. The second-order valence-corrected chi connectivity index (χ2v) is 4.38. The predicted octanol–water partition coefficient (Wildman–Crippen LogP) is 2.16. The maximum atomic E-state index is 10.8. The third-order valence-corrected chi connectivity index (χ3v) is 3.08. The van der Waals surface area contributed by atoms with Crippen LogP contribution in [0.1, 0.15) is 12.6 Å². The minimum absolute atomic E-state index is 0.212. The van der Waals surface area contributed by atoms with E-state index in [9.17, 15) is 4.79 Å². The minimum atomic E-state index is 0.212. The van der Waals surface area contributed by atoms with Crippen LogP contribution < -0.4 is 0 Å². The van der Waals surface area contributed by atoms with E-state index < -0.39 is 0 Å². The number of carbonyl (C=O) groups excluding carboxylic acids is 1. The van der Waals surface area contributed by atoms with E-state index in [2.05, 4.69) is 4.98 Å². The Morgan fingerprint density at radius 1 is 1.53 bits per heavy atom. The molecule has 2 aromatic rings. The standard InChI is InChI=1S/C11H12N2OS/c1-9(14)7-15-8-10-6-13-5-3-2-4-11(13)12-10/h2-6H,7-8H2,1H3. The van der Waals surface area contributed by atoms with Gasteiger partial charge in [0.1, 0.15) is 11.4 Å². The molecule has 0 saturated heterocycles. The number of imidazole rings is 1. The lowest BCUT2D eigenvalue weighted by Crippen LogP contribution is -1.93. The third kappa shape index (κ3) is 2.59. The number of ketones is 1. The van der Waals surface area contributed by atoms with Crippen molar-refractivity contribution in [2.75, 3.05) is 5.75 Å². The molecule has 0 atom stereocenters. The molecule has 0 aromatic carbocycles.